The van der Waals surface area contributed by atoms with Crippen molar-refractivity contribution >= 4 is 50.9 Å². The predicted octanol–water partition coefficient (Wildman–Crippen LogP) is 5.88. The minimum absolute atomic E-state index is 0.0331. The summed E-state index contributed by atoms with van der Waals surface area (Å²) < 4.78 is 6.60. The van der Waals surface area contributed by atoms with Crippen molar-refractivity contribution in [1.82, 2.24) is 0 Å². The van der Waals surface area contributed by atoms with E-state index in [-0.39, 0.29) is 17.2 Å². The number of carbonyl (C=O) groups excluding carboxylic acids is 2. The van der Waals surface area contributed by atoms with E-state index in [2.05, 4.69) is 21.2 Å². The molecule has 7 heteroatoms. The first-order valence-electron chi connectivity index (χ1n) is 9.89. The lowest BCUT2D eigenvalue weighted by Crippen LogP contribution is -2.28. The van der Waals surface area contributed by atoms with Crippen LogP contribution in [0, 0.1) is 0 Å². The van der Waals surface area contributed by atoms with Crippen LogP contribution in [0.3, 0.4) is 0 Å². The molecule has 1 heterocycles. The molecule has 0 spiro atoms. The van der Waals surface area contributed by atoms with E-state index in [0.29, 0.717) is 29.4 Å². The maximum absolute atomic E-state index is 12.8. The van der Waals surface area contributed by atoms with Crippen LogP contribution in [0.4, 0.5) is 11.4 Å². The Balaban J connectivity index is 1.61. The zero-order chi connectivity index (χ0) is 21.8. The number of nitrogens with one attached hydrogen (secondary N) is 1. The van der Waals surface area contributed by atoms with E-state index < -0.39 is 0 Å². The largest absolute Gasteiger partial charge is 0.492 e. The van der Waals surface area contributed by atoms with Crippen LogP contribution in [0.1, 0.15) is 28.2 Å². The fraction of sp³-hybridized carbons (Fsp3) is 0.167. The smallest absolute Gasteiger partial charge is 0.255 e. The van der Waals surface area contributed by atoms with E-state index in [1.54, 1.807) is 28.8 Å². The molecule has 4 rings (SSSR count). The Morgan fingerprint density at radius 3 is 2.74 bits per heavy atom. The van der Waals surface area contributed by atoms with E-state index in [0.717, 1.165) is 15.7 Å². The number of amides is 2. The summed E-state index contributed by atoms with van der Waals surface area (Å²) in [7, 11) is 0. The highest BCUT2D eigenvalue weighted by Gasteiger charge is 2.35. The zero-order valence-electron chi connectivity index (χ0n) is 16.9. The molecule has 31 heavy (non-hydrogen) atoms. The first kappa shape index (κ1) is 21.5. The van der Waals surface area contributed by atoms with Gasteiger partial charge < -0.3 is 10.1 Å². The summed E-state index contributed by atoms with van der Waals surface area (Å²) in [4.78, 5) is 27.2. The predicted molar refractivity (Wildman–Crippen MR) is 129 cm³/mol. The molecular weight excluding hydrogens is 476 g/mol. The van der Waals surface area contributed by atoms with E-state index >= 15 is 0 Å². The number of carbonyl (C=O) groups is 2. The van der Waals surface area contributed by atoms with Gasteiger partial charge in [0.05, 0.1) is 18.0 Å². The lowest BCUT2D eigenvalue weighted by atomic mass is 10.1. The average molecular weight is 497 g/mol. The highest BCUT2D eigenvalue weighted by atomic mass is 79.9. The third-order valence-electron chi connectivity index (χ3n) is 4.81. The molecule has 3 aromatic carbocycles. The Morgan fingerprint density at radius 2 is 1.94 bits per heavy atom. The highest BCUT2D eigenvalue weighted by molar-refractivity contribution is 9.10. The van der Waals surface area contributed by atoms with Crippen molar-refractivity contribution in [3.05, 3.63) is 88.4 Å². The number of hydrogen-bond acceptors (Lipinski definition) is 4. The Labute approximate surface area is 193 Å². The normalized spacial score (nSPS) is 15.7. The van der Waals surface area contributed by atoms with Gasteiger partial charge in [0.15, 0.2) is 0 Å². The molecule has 158 valence electrons. The van der Waals surface area contributed by atoms with E-state index in [1.807, 2.05) is 67.6 Å². The van der Waals surface area contributed by atoms with Gasteiger partial charge in [-0.2, -0.15) is 0 Å². The molecule has 0 aromatic heterocycles. The van der Waals surface area contributed by atoms with Gasteiger partial charge in [-0.25, -0.2) is 0 Å². The fourth-order valence-electron chi connectivity index (χ4n) is 3.47. The Morgan fingerprint density at radius 1 is 1.13 bits per heavy atom. The van der Waals surface area contributed by atoms with Crippen LogP contribution in [0.5, 0.6) is 5.75 Å². The monoisotopic (exact) mass is 496 g/mol. The second kappa shape index (κ2) is 9.58. The molecular formula is C24H21BrN2O3S. The number of para-hydroxylation sites is 2. The summed E-state index contributed by atoms with van der Waals surface area (Å²) in [5, 5.41) is 2.75. The first-order valence-corrected chi connectivity index (χ1v) is 11.7. The SMILES string of the molecule is CCOc1ccccc1N1C(=O)CS[C@@H]1c1cccc(NC(=O)c2cccc(Br)c2)c1. The Hall–Kier alpha value is -2.77. The van der Waals surface area contributed by atoms with Gasteiger partial charge in [0.2, 0.25) is 5.91 Å². The minimum atomic E-state index is -0.197. The van der Waals surface area contributed by atoms with Gasteiger partial charge in [0.25, 0.3) is 5.91 Å². The number of hydrogen-bond donors (Lipinski definition) is 1. The van der Waals surface area contributed by atoms with Crippen molar-refractivity contribution in [3.8, 4) is 5.75 Å². The number of ether oxygens (including phenoxy) is 1. The molecule has 3 aromatic rings. The van der Waals surface area contributed by atoms with Crippen molar-refractivity contribution in [2.75, 3.05) is 22.6 Å². The topological polar surface area (TPSA) is 58.6 Å². The van der Waals surface area contributed by atoms with E-state index in [4.69, 9.17) is 4.74 Å². The summed E-state index contributed by atoms with van der Waals surface area (Å²) in [5.74, 6) is 0.919. The first-order chi connectivity index (χ1) is 15.1. The number of halogens is 1. The number of thioether (sulfide) groups is 1. The molecule has 2 amide bonds. The van der Waals surface area contributed by atoms with Crippen LogP contribution < -0.4 is 15.0 Å². The minimum Gasteiger partial charge on any atom is -0.492 e. The Kier molecular flexibility index (Phi) is 6.63. The maximum atomic E-state index is 12.8. The molecule has 1 saturated heterocycles. The summed E-state index contributed by atoms with van der Waals surface area (Å²) in [6, 6.07) is 22.4. The van der Waals surface area contributed by atoms with Crippen molar-refractivity contribution in [2.24, 2.45) is 0 Å². The lowest BCUT2D eigenvalue weighted by Gasteiger charge is -2.26. The molecule has 1 atom stereocenters. The van der Waals surface area contributed by atoms with E-state index in [1.165, 1.54) is 0 Å². The molecule has 5 nitrogen and oxygen atoms in total. The van der Waals surface area contributed by atoms with Crippen molar-refractivity contribution in [3.63, 3.8) is 0 Å². The zero-order valence-corrected chi connectivity index (χ0v) is 19.3. The van der Waals surface area contributed by atoms with Gasteiger partial charge in [0, 0.05) is 15.7 Å². The summed E-state index contributed by atoms with van der Waals surface area (Å²) in [6.07, 6.45) is 0. The average Bonchev–Trinajstić information content (AvgIpc) is 3.16. The fourth-order valence-corrected chi connectivity index (χ4v) is 5.03. The number of nitrogens with zero attached hydrogens (tertiary/aromatic N) is 1. The third-order valence-corrected chi connectivity index (χ3v) is 6.51. The quantitative estimate of drug-likeness (QED) is 0.462. The van der Waals surface area contributed by atoms with Crippen LogP contribution in [0.2, 0.25) is 0 Å². The molecule has 0 aliphatic carbocycles. The van der Waals surface area contributed by atoms with Crippen molar-refractivity contribution < 1.29 is 14.3 Å². The van der Waals surface area contributed by atoms with Gasteiger partial charge in [-0.1, -0.05) is 46.3 Å². The number of benzene rings is 3. The molecule has 0 saturated carbocycles. The van der Waals surface area contributed by atoms with Gasteiger partial charge in [0.1, 0.15) is 11.1 Å². The van der Waals surface area contributed by atoms with Crippen LogP contribution >= 0.6 is 27.7 Å². The second-order valence-corrected chi connectivity index (χ2v) is 8.90. The van der Waals surface area contributed by atoms with Crippen LogP contribution in [-0.2, 0) is 4.79 Å². The van der Waals surface area contributed by atoms with Crippen LogP contribution in [0.25, 0.3) is 0 Å². The number of anilines is 2. The third kappa shape index (κ3) is 4.78. The second-order valence-electron chi connectivity index (χ2n) is 6.92. The van der Waals surface area contributed by atoms with Gasteiger partial charge in [-0.15, -0.1) is 11.8 Å². The van der Waals surface area contributed by atoms with Gasteiger partial charge in [-0.3, -0.25) is 14.5 Å². The Bertz CT molecular complexity index is 1120. The highest BCUT2D eigenvalue weighted by Crippen LogP contribution is 2.45. The molecule has 1 aliphatic rings. The summed E-state index contributed by atoms with van der Waals surface area (Å²) in [5.41, 5.74) is 2.94. The number of rotatable bonds is 6. The molecule has 1 aliphatic heterocycles. The van der Waals surface area contributed by atoms with Gasteiger partial charge >= 0.3 is 0 Å². The molecule has 0 radical (unpaired) electrons. The molecule has 1 fully saturated rings. The molecule has 1 N–H and O–H groups in total. The molecule has 0 bridgehead atoms. The van der Waals surface area contributed by atoms with Gasteiger partial charge in [-0.05, 0) is 55.0 Å². The van der Waals surface area contributed by atoms with Crippen LogP contribution in [-0.4, -0.2) is 24.2 Å². The summed E-state index contributed by atoms with van der Waals surface area (Å²) in [6.45, 7) is 2.44. The lowest BCUT2D eigenvalue weighted by molar-refractivity contribution is -0.115. The van der Waals surface area contributed by atoms with E-state index in [9.17, 15) is 9.59 Å². The van der Waals surface area contributed by atoms with Crippen LogP contribution in [0.15, 0.2) is 77.3 Å². The molecule has 0 unspecified atom stereocenters. The van der Waals surface area contributed by atoms with Crippen molar-refractivity contribution in [1.29, 1.82) is 0 Å². The standard InChI is InChI=1S/C24H21BrN2O3S/c1-2-30-21-12-4-3-11-20(21)27-22(28)15-31-24(27)17-8-6-10-19(14-17)26-23(29)16-7-5-9-18(25)13-16/h3-14,24H,2,15H2,1H3,(H,26,29)/t24-/m1/s1. The van der Waals surface area contributed by atoms with Crippen molar-refractivity contribution in [2.45, 2.75) is 12.3 Å². The maximum Gasteiger partial charge on any atom is 0.255 e. The summed E-state index contributed by atoms with van der Waals surface area (Å²) >= 11 is 4.95.